The van der Waals surface area contributed by atoms with Crippen molar-refractivity contribution in [2.24, 2.45) is 0 Å². The Kier molecular flexibility index (Phi) is 2.91. The molecule has 0 fully saturated rings. The molecule has 7 nitrogen and oxygen atoms in total. The molecule has 5 rings (SSSR count). The average molecular weight is 366 g/mol. The van der Waals surface area contributed by atoms with E-state index in [0.29, 0.717) is 31.1 Å². The summed E-state index contributed by atoms with van der Waals surface area (Å²) in [5, 5.41) is 2.93. The highest BCUT2D eigenvalue weighted by atomic mass is 32.1. The van der Waals surface area contributed by atoms with Gasteiger partial charge in [0.15, 0.2) is 4.77 Å². The summed E-state index contributed by atoms with van der Waals surface area (Å²) in [5.74, 6) is 0.428. The van der Waals surface area contributed by atoms with Crippen LogP contribution >= 0.6 is 23.6 Å². The lowest BCUT2D eigenvalue weighted by atomic mass is 10.2. The number of hydrogen-bond donors (Lipinski definition) is 1. The van der Waals surface area contributed by atoms with Gasteiger partial charge in [-0.25, -0.2) is 15.0 Å². The molecule has 0 aliphatic carbocycles. The lowest BCUT2D eigenvalue weighted by molar-refractivity contribution is 0.911. The standard InChI is InChI=1S/C16H10N6OS2/c1-8-2-4-9(5-3-8)21-15-19-10-11-13(18-7-6-17-11)25-12(10)14(23)22(15)20-16(21)24/h2-7H,1H3,(H,20,24). The van der Waals surface area contributed by atoms with Gasteiger partial charge in [0.05, 0.1) is 5.69 Å². The molecule has 1 N–H and O–H groups in total. The Bertz CT molecular complexity index is 1390. The average Bonchev–Trinajstić information content (AvgIpc) is 3.15. The fourth-order valence-corrected chi connectivity index (χ4v) is 4.07. The Morgan fingerprint density at radius 2 is 1.88 bits per heavy atom. The van der Waals surface area contributed by atoms with Gasteiger partial charge in [-0.1, -0.05) is 17.7 Å². The Morgan fingerprint density at radius 3 is 2.68 bits per heavy atom. The van der Waals surface area contributed by atoms with E-state index >= 15 is 0 Å². The zero-order chi connectivity index (χ0) is 17.1. The van der Waals surface area contributed by atoms with E-state index in [-0.39, 0.29) is 5.56 Å². The number of fused-ring (bicyclic) bond motifs is 4. The third-order valence-electron chi connectivity index (χ3n) is 4.01. The molecule has 0 spiro atoms. The molecule has 9 heteroatoms. The Morgan fingerprint density at radius 1 is 1.12 bits per heavy atom. The van der Waals surface area contributed by atoms with Gasteiger partial charge in [-0.2, -0.15) is 4.52 Å². The molecule has 0 saturated carbocycles. The van der Waals surface area contributed by atoms with Crippen LogP contribution in [-0.4, -0.2) is 29.1 Å². The van der Waals surface area contributed by atoms with Crippen LogP contribution in [0.5, 0.6) is 0 Å². The van der Waals surface area contributed by atoms with E-state index in [2.05, 4.69) is 20.1 Å². The molecule has 122 valence electrons. The van der Waals surface area contributed by atoms with E-state index < -0.39 is 0 Å². The van der Waals surface area contributed by atoms with Crippen LogP contribution in [0, 0.1) is 11.7 Å². The molecule has 5 aromatic rings. The summed E-state index contributed by atoms with van der Waals surface area (Å²) in [5.41, 5.74) is 2.95. The van der Waals surface area contributed by atoms with Crippen molar-refractivity contribution >= 4 is 49.9 Å². The summed E-state index contributed by atoms with van der Waals surface area (Å²) in [4.78, 5) is 26.9. The molecule has 0 bridgehead atoms. The molecular formula is C16H10N6OS2. The minimum Gasteiger partial charge on any atom is -0.266 e. The summed E-state index contributed by atoms with van der Waals surface area (Å²) < 4.78 is 4.03. The SMILES string of the molecule is Cc1ccc(-n2c(=S)[nH]n3c(=O)c4sc5nccnc5c4nc23)cc1. The number of thiophene rings is 1. The van der Waals surface area contributed by atoms with Crippen LogP contribution in [0.3, 0.4) is 0 Å². The van der Waals surface area contributed by atoms with Gasteiger partial charge in [0, 0.05) is 12.4 Å². The molecule has 0 unspecified atom stereocenters. The number of aromatic nitrogens is 6. The zero-order valence-electron chi connectivity index (χ0n) is 12.9. The van der Waals surface area contributed by atoms with Crippen molar-refractivity contribution < 1.29 is 0 Å². The van der Waals surface area contributed by atoms with Crippen LogP contribution in [0.4, 0.5) is 0 Å². The monoisotopic (exact) mass is 366 g/mol. The Balaban J connectivity index is 1.97. The summed E-state index contributed by atoms with van der Waals surface area (Å²) in [7, 11) is 0. The highest BCUT2D eigenvalue weighted by Crippen LogP contribution is 2.27. The van der Waals surface area contributed by atoms with E-state index in [1.165, 1.54) is 15.9 Å². The zero-order valence-corrected chi connectivity index (χ0v) is 14.6. The Hall–Kier alpha value is -2.91. The molecule has 0 aliphatic heterocycles. The smallest absolute Gasteiger partial charge is 0.266 e. The van der Waals surface area contributed by atoms with Crippen LogP contribution in [0.2, 0.25) is 0 Å². The van der Waals surface area contributed by atoms with Crippen LogP contribution in [-0.2, 0) is 0 Å². The van der Waals surface area contributed by atoms with Crippen molar-refractivity contribution in [2.75, 3.05) is 0 Å². The lowest BCUT2D eigenvalue weighted by Crippen LogP contribution is -2.15. The minimum atomic E-state index is -0.207. The summed E-state index contributed by atoms with van der Waals surface area (Å²) in [6, 6.07) is 7.87. The maximum atomic E-state index is 12.9. The molecule has 0 amide bonds. The molecule has 1 aromatic carbocycles. The van der Waals surface area contributed by atoms with Crippen LogP contribution in [0.15, 0.2) is 41.5 Å². The lowest BCUT2D eigenvalue weighted by Gasteiger charge is -2.03. The maximum Gasteiger partial charge on any atom is 0.292 e. The highest BCUT2D eigenvalue weighted by Gasteiger charge is 2.17. The van der Waals surface area contributed by atoms with Gasteiger partial charge in [-0.15, -0.1) is 11.3 Å². The van der Waals surface area contributed by atoms with Crippen LogP contribution < -0.4 is 5.56 Å². The van der Waals surface area contributed by atoms with Crippen LogP contribution in [0.25, 0.3) is 32.0 Å². The number of aryl methyl sites for hydroxylation is 1. The second-order valence-electron chi connectivity index (χ2n) is 5.63. The molecule has 4 heterocycles. The van der Waals surface area contributed by atoms with Crippen LogP contribution in [0.1, 0.15) is 5.56 Å². The van der Waals surface area contributed by atoms with E-state index in [1.54, 1.807) is 17.0 Å². The first-order valence-corrected chi connectivity index (χ1v) is 8.70. The first-order valence-electron chi connectivity index (χ1n) is 7.47. The van der Waals surface area contributed by atoms with Gasteiger partial charge in [0.25, 0.3) is 5.56 Å². The van der Waals surface area contributed by atoms with E-state index in [0.717, 1.165) is 11.3 Å². The fourth-order valence-electron chi connectivity index (χ4n) is 2.82. The van der Waals surface area contributed by atoms with Gasteiger partial charge in [0.1, 0.15) is 20.6 Å². The van der Waals surface area contributed by atoms with Crippen molar-refractivity contribution in [3.8, 4) is 5.69 Å². The third kappa shape index (κ3) is 1.99. The third-order valence-corrected chi connectivity index (χ3v) is 5.35. The Labute approximate surface area is 149 Å². The molecule has 0 radical (unpaired) electrons. The van der Waals surface area contributed by atoms with Crippen molar-refractivity contribution in [3.05, 3.63) is 57.3 Å². The first-order chi connectivity index (χ1) is 12.1. The number of nitrogens with one attached hydrogen (secondary N) is 1. The summed E-state index contributed by atoms with van der Waals surface area (Å²) >= 11 is 6.70. The number of rotatable bonds is 1. The van der Waals surface area contributed by atoms with Gasteiger partial charge in [-0.05, 0) is 31.3 Å². The van der Waals surface area contributed by atoms with Crippen molar-refractivity contribution in [1.82, 2.24) is 29.1 Å². The van der Waals surface area contributed by atoms with Crippen molar-refractivity contribution in [2.45, 2.75) is 6.92 Å². The summed E-state index contributed by atoms with van der Waals surface area (Å²) in [6.45, 7) is 2.01. The maximum absolute atomic E-state index is 12.9. The highest BCUT2D eigenvalue weighted by molar-refractivity contribution is 7.71. The predicted octanol–water partition coefficient (Wildman–Crippen LogP) is 3.01. The van der Waals surface area contributed by atoms with Gasteiger partial charge in [-0.3, -0.25) is 14.5 Å². The first kappa shape index (κ1) is 14.4. The predicted molar refractivity (Wildman–Crippen MR) is 99.2 cm³/mol. The van der Waals surface area contributed by atoms with Crippen molar-refractivity contribution in [1.29, 1.82) is 0 Å². The number of H-pyrrole nitrogens is 1. The fraction of sp³-hybridized carbons (Fsp3) is 0.0625. The number of aromatic amines is 1. The topological polar surface area (TPSA) is 80.9 Å². The van der Waals surface area contributed by atoms with Gasteiger partial charge in [0.2, 0.25) is 5.78 Å². The molecule has 0 saturated heterocycles. The van der Waals surface area contributed by atoms with E-state index in [9.17, 15) is 4.79 Å². The van der Waals surface area contributed by atoms with E-state index in [4.69, 9.17) is 12.2 Å². The quantitative estimate of drug-likeness (QED) is 0.461. The van der Waals surface area contributed by atoms with Crippen molar-refractivity contribution in [3.63, 3.8) is 0 Å². The molecule has 0 atom stereocenters. The van der Waals surface area contributed by atoms with Gasteiger partial charge < -0.3 is 0 Å². The van der Waals surface area contributed by atoms with E-state index in [1.807, 2.05) is 31.2 Å². The number of benzene rings is 1. The summed E-state index contributed by atoms with van der Waals surface area (Å²) in [6.07, 6.45) is 3.21. The molecular weight excluding hydrogens is 356 g/mol. The largest absolute Gasteiger partial charge is 0.292 e. The molecule has 25 heavy (non-hydrogen) atoms. The normalized spacial score (nSPS) is 11.7. The number of hydrogen-bond acceptors (Lipinski definition) is 6. The minimum absolute atomic E-state index is 0.207. The second-order valence-corrected chi connectivity index (χ2v) is 7.02. The molecule has 0 aliphatic rings. The second kappa shape index (κ2) is 5.04. The van der Waals surface area contributed by atoms with Gasteiger partial charge >= 0.3 is 0 Å². The molecule has 4 aromatic heterocycles. The number of nitrogens with zero attached hydrogens (tertiary/aromatic N) is 5.